The number of hydrogen-bond acceptors (Lipinski definition) is 6. The number of aromatic nitrogens is 4. The first-order valence-electron chi connectivity index (χ1n) is 7.33. The highest BCUT2D eigenvalue weighted by Gasteiger charge is 2.38. The Kier molecular flexibility index (Phi) is 6.06. The number of hydrogen-bond donors (Lipinski definition) is 0. The third-order valence-electron chi connectivity index (χ3n) is 3.28. The van der Waals surface area contributed by atoms with Crippen molar-refractivity contribution in [3.05, 3.63) is 29.2 Å². The van der Waals surface area contributed by atoms with E-state index in [0.29, 0.717) is 18.8 Å². The smallest absolute Gasteiger partial charge is 0.382 e. The van der Waals surface area contributed by atoms with Gasteiger partial charge in [0.2, 0.25) is 0 Å². The lowest BCUT2D eigenvalue weighted by Crippen LogP contribution is -2.12. The van der Waals surface area contributed by atoms with Crippen LogP contribution >= 0.6 is 0 Å². The van der Waals surface area contributed by atoms with Gasteiger partial charge in [0.1, 0.15) is 6.07 Å². The molecule has 25 heavy (non-hydrogen) atoms. The summed E-state index contributed by atoms with van der Waals surface area (Å²) in [5.41, 5.74) is -0.745. The van der Waals surface area contributed by atoms with Crippen LogP contribution in [0.4, 0.5) is 13.2 Å². The third-order valence-corrected chi connectivity index (χ3v) is 3.28. The van der Waals surface area contributed by atoms with E-state index in [2.05, 4.69) is 15.3 Å². The van der Waals surface area contributed by atoms with Gasteiger partial charge in [-0.25, -0.2) is 0 Å². The van der Waals surface area contributed by atoms with Crippen LogP contribution < -0.4 is 0 Å². The van der Waals surface area contributed by atoms with E-state index in [0.717, 1.165) is 4.68 Å². The molecule has 0 unspecified atom stereocenters. The van der Waals surface area contributed by atoms with Gasteiger partial charge >= 0.3 is 6.18 Å². The van der Waals surface area contributed by atoms with Crippen molar-refractivity contribution in [3.63, 3.8) is 0 Å². The Balaban J connectivity index is 2.29. The van der Waals surface area contributed by atoms with Gasteiger partial charge in [-0.3, -0.25) is 4.68 Å². The molecule has 0 atom stereocenters. The summed E-state index contributed by atoms with van der Waals surface area (Å²) < 4.78 is 51.1. The maximum atomic E-state index is 13.3. The van der Waals surface area contributed by atoms with Crippen LogP contribution in [0.2, 0.25) is 0 Å². The fourth-order valence-electron chi connectivity index (χ4n) is 2.13. The van der Waals surface area contributed by atoms with E-state index in [9.17, 15) is 13.2 Å². The second-order valence-corrected chi connectivity index (χ2v) is 5.13. The maximum absolute atomic E-state index is 13.3. The van der Waals surface area contributed by atoms with Gasteiger partial charge in [-0.2, -0.15) is 23.5 Å². The van der Waals surface area contributed by atoms with Gasteiger partial charge in [0.15, 0.2) is 11.4 Å². The SMILES string of the molecule is COCCOCCn1cc(-c2nnc(C#N)cc2C)c(C(F)(F)F)n1. The van der Waals surface area contributed by atoms with E-state index in [1.807, 2.05) is 0 Å². The second kappa shape index (κ2) is 8.04. The molecule has 2 rings (SSSR count). The molecule has 0 aliphatic carbocycles. The van der Waals surface area contributed by atoms with E-state index >= 15 is 0 Å². The summed E-state index contributed by atoms with van der Waals surface area (Å²) in [5.74, 6) is 0. The molecule has 2 aromatic heterocycles. The van der Waals surface area contributed by atoms with E-state index < -0.39 is 11.9 Å². The molecule has 2 aromatic rings. The quantitative estimate of drug-likeness (QED) is 0.708. The molecule has 0 saturated carbocycles. The van der Waals surface area contributed by atoms with E-state index in [4.69, 9.17) is 14.7 Å². The zero-order chi connectivity index (χ0) is 18.4. The van der Waals surface area contributed by atoms with Gasteiger partial charge in [-0.1, -0.05) is 0 Å². The lowest BCUT2D eigenvalue weighted by molar-refractivity contribution is -0.141. The highest BCUT2D eigenvalue weighted by atomic mass is 19.4. The zero-order valence-electron chi connectivity index (χ0n) is 13.7. The summed E-state index contributed by atoms with van der Waals surface area (Å²) >= 11 is 0. The minimum absolute atomic E-state index is 0.0359. The molecule has 0 amide bonds. The molecule has 7 nitrogen and oxygen atoms in total. The van der Waals surface area contributed by atoms with Gasteiger partial charge < -0.3 is 9.47 Å². The average molecular weight is 355 g/mol. The second-order valence-electron chi connectivity index (χ2n) is 5.13. The van der Waals surface area contributed by atoms with Crippen molar-refractivity contribution in [1.29, 1.82) is 5.26 Å². The standard InChI is InChI=1S/C15H16F3N5O2/c1-10-7-11(8-19)20-21-13(10)12-9-23(3-4-25-6-5-24-2)22-14(12)15(16,17)18/h7,9H,3-6H2,1-2H3. The molecule has 0 fully saturated rings. The van der Waals surface area contributed by atoms with Crippen molar-refractivity contribution >= 4 is 0 Å². The molecular weight excluding hydrogens is 339 g/mol. The summed E-state index contributed by atoms with van der Waals surface area (Å²) in [6, 6.07) is 3.18. The Labute approximate surface area is 142 Å². The van der Waals surface area contributed by atoms with E-state index in [-0.39, 0.29) is 30.1 Å². The van der Waals surface area contributed by atoms with Crippen molar-refractivity contribution in [2.75, 3.05) is 26.9 Å². The molecule has 0 spiro atoms. The van der Waals surface area contributed by atoms with Crippen LogP contribution in [0, 0.1) is 18.3 Å². The predicted molar refractivity (Wildman–Crippen MR) is 80.4 cm³/mol. The number of halogens is 3. The first kappa shape index (κ1) is 18.8. The highest BCUT2D eigenvalue weighted by Crippen LogP contribution is 2.36. The monoisotopic (exact) mass is 355 g/mol. The van der Waals surface area contributed by atoms with E-state index in [1.165, 1.54) is 19.4 Å². The minimum atomic E-state index is -4.64. The predicted octanol–water partition coefficient (Wildman–Crippen LogP) is 2.20. The molecule has 2 heterocycles. The number of nitriles is 1. The molecule has 0 aliphatic heterocycles. The Morgan fingerprint density at radius 1 is 1.24 bits per heavy atom. The normalized spacial score (nSPS) is 11.5. The fraction of sp³-hybridized carbons (Fsp3) is 0.467. The molecular formula is C15H16F3N5O2. The van der Waals surface area contributed by atoms with Crippen LogP contribution in [0.25, 0.3) is 11.3 Å². The summed E-state index contributed by atoms with van der Waals surface area (Å²) in [6.07, 6.45) is -3.38. The van der Waals surface area contributed by atoms with Gasteiger partial charge in [-0.05, 0) is 18.6 Å². The van der Waals surface area contributed by atoms with Gasteiger partial charge in [-0.15, -0.1) is 10.2 Å². The first-order valence-corrected chi connectivity index (χ1v) is 7.33. The van der Waals surface area contributed by atoms with Crippen LogP contribution in [-0.4, -0.2) is 46.9 Å². The summed E-state index contributed by atoms with van der Waals surface area (Å²) in [5, 5.41) is 19.8. The van der Waals surface area contributed by atoms with Crippen molar-refractivity contribution in [2.45, 2.75) is 19.6 Å². The Morgan fingerprint density at radius 2 is 2.00 bits per heavy atom. The number of nitrogens with zero attached hydrogens (tertiary/aromatic N) is 5. The van der Waals surface area contributed by atoms with Crippen molar-refractivity contribution < 1.29 is 22.6 Å². The first-order chi connectivity index (χ1) is 11.9. The third kappa shape index (κ3) is 4.74. The Hall–Kier alpha value is -2.51. The largest absolute Gasteiger partial charge is 0.435 e. The minimum Gasteiger partial charge on any atom is -0.382 e. The highest BCUT2D eigenvalue weighted by molar-refractivity contribution is 5.65. The molecule has 0 aliphatic rings. The Bertz CT molecular complexity index is 768. The van der Waals surface area contributed by atoms with Crippen LogP contribution in [0.5, 0.6) is 0 Å². The lowest BCUT2D eigenvalue weighted by Gasteiger charge is -2.07. The van der Waals surface area contributed by atoms with Crippen LogP contribution in [0.3, 0.4) is 0 Å². The van der Waals surface area contributed by atoms with Gasteiger partial charge in [0.25, 0.3) is 0 Å². The van der Waals surface area contributed by atoms with Crippen LogP contribution in [0.1, 0.15) is 17.0 Å². The topological polar surface area (TPSA) is 85.9 Å². The number of rotatable bonds is 7. The molecule has 0 radical (unpaired) electrons. The maximum Gasteiger partial charge on any atom is 0.435 e. The lowest BCUT2D eigenvalue weighted by atomic mass is 10.1. The Morgan fingerprint density at radius 3 is 2.60 bits per heavy atom. The van der Waals surface area contributed by atoms with Gasteiger partial charge in [0.05, 0.1) is 37.6 Å². The van der Waals surface area contributed by atoms with Crippen molar-refractivity contribution in [1.82, 2.24) is 20.0 Å². The summed E-state index contributed by atoms with van der Waals surface area (Å²) in [6.45, 7) is 2.65. The number of alkyl halides is 3. The van der Waals surface area contributed by atoms with Crippen LogP contribution in [0.15, 0.2) is 12.3 Å². The number of ether oxygens (including phenoxy) is 2. The fourth-order valence-corrected chi connectivity index (χ4v) is 2.13. The van der Waals surface area contributed by atoms with E-state index in [1.54, 1.807) is 13.0 Å². The average Bonchev–Trinajstić information content (AvgIpc) is 2.98. The molecule has 0 saturated heterocycles. The molecule has 10 heteroatoms. The summed E-state index contributed by atoms with van der Waals surface area (Å²) in [4.78, 5) is 0. The van der Waals surface area contributed by atoms with Gasteiger partial charge in [0, 0.05) is 13.3 Å². The molecule has 0 N–H and O–H groups in total. The zero-order valence-corrected chi connectivity index (χ0v) is 13.7. The van der Waals surface area contributed by atoms with Crippen LogP contribution in [-0.2, 0) is 22.2 Å². The summed E-state index contributed by atoms with van der Waals surface area (Å²) in [7, 11) is 1.53. The molecule has 0 aromatic carbocycles. The number of methoxy groups -OCH3 is 1. The molecule has 134 valence electrons. The molecule has 0 bridgehead atoms. The number of aryl methyl sites for hydroxylation is 1. The van der Waals surface area contributed by atoms with Crippen molar-refractivity contribution in [2.24, 2.45) is 0 Å². The van der Waals surface area contributed by atoms with Crippen molar-refractivity contribution in [3.8, 4) is 17.3 Å².